The number of carbonyl (C=O) groups excluding carboxylic acids is 3. The normalized spacial score (nSPS) is 43.1. The highest BCUT2D eigenvalue weighted by Gasteiger charge is 2.72. The molecule has 0 aromatic carbocycles. The van der Waals surface area contributed by atoms with Crippen LogP contribution in [-0.2, 0) is 23.9 Å². The molecule has 0 aromatic rings. The molecule has 6 saturated carbocycles. The van der Waals surface area contributed by atoms with Crippen molar-refractivity contribution in [2.24, 2.45) is 79.3 Å². The number of carboxylic acids is 1. The number of esters is 1. The van der Waals surface area contributed by atoms with Crippen molar-refractivity contribution < 1.29 is 29.0 Å². The predicted octanol–water partition coefficient (Wildman–Crippen LogP) is 9.84. The monoisotopic (exact) mass is 805 g/mol. The van der Waals surface area contributed by atoms with Gasteiger partial charge in [0.05, 0.1) is 11.8 Å². The molecule has 0 aromatic heterocycles. The van der Waals surface area contributed by atoms with Crippen molar-refractivity contribution in [1.29, 1.82) is 0 Å². The summed E-state index contributed by atoms with van der Waals surface area (Å²) in [5, 5.41) is 9.66. The first-order valence-corrected chi connectivity index (χ1v) is 23.5. The molecule has 7 fully saturated rings. The van der Waals surface area contributed by atoms with Gasteiger partial charge in [0.2, 0.25) is 5.91 Å². The molecule has 58 heavy (non-hydrogen) atoms. The van der Waals surface area contributed by atoms with Crippen LogP contribution in [0.15, 0.2) is 12.2 Å². The maximum atomic E-state index is 15.2. The Morgan fingerprint density at radius 2 is 1.47 bits per heavy atom. The van der Waals surface area contributed by atoms with Crippen LogP contribution in [0.3, 0.4) is 0 Å². The highest BCUT2D eigenvalue weighted by Crippen LogP contribution is 2.78. The summed E-state index contributed by atoms with van der Waals surface area (Å²) in [6.07, 6.45) is 11.6. The summed E-state index contributed by atoms with van der Waals surface area (Å²) < 4.78 is 6.21. The molecule has 1 saturated heterocycles. The summed E-state index contributed by atoms with van der Waals surface area (Å²) in [5.74, 6) is 1.82. The lowest BCUT2D eigenvalue weighted by molar-refractivity contribution is -0.249. The van der Waals surface area contributed by atoms with Crippen LogP contribution in [0.5, 0.6) is 0 Å². The Bertz CT molecular complexity index is 1670. The Morgan fingerprint density at radius 3 is 2.07 bits per heavy atom. The van der Waals surface area contributed by atoms with Gasteiger partial charge >= 0.3 is 11.9 Å². The zero-order valence-corrected chi connectivity index (χ0v) is 38.4. The molecule has 12 atom stereocenters. The van der Waals surface area contributed by atoms with Gasteiger partial charge in [-0.1, -0.05) is 67.5 Å². The van der Waals surface area contributed by atoms with Crippen LogP contribution in [0.2, 0.25) is 0 Å². The predicted molar refractivity (Wildman–Crippen MR) is 229 cm³/mol. The minimum absolute atomic E-state index is 0.0102. The van der Waals surface area contributed by atoms with E-state index in [0.29, 0.717) is 47.7 Å². The topological polar surface area (TPSA) is 104 Å². The van der Waals surface area contributed by atoms with Crippen molar-refractivity contribution in [3.05, 3.63) is 12.2 Å². The van der Waals surface area contributed by atoms with Crippen LogP contribution in [-0.4, -0.2) is 77.4 Å². The summed E-state index contributed by atoms with van der Waals surface area (Å²) >= 11 is 0. The summed E-state index contributed by atoms with van der Waals surface area (Å²) in [7, 11) is 0. The van der Waals surface area contributed by atoms with E-state index in [4.69, 9.17) is 4.74 Å². The van der Waals surface area contributed by atoms with Crippen molar-refractivity contribution in [3.63, 3.8) is 0 Å². The Morgan fingerprint density at radius 1 is 0.793 bits per heavy atom. The lowest BCUT2D eigenvalue weighted by atomic mass is 9.32. The Balaban J connectivity index is 1.08. The smallest absolute Gasteiger partial charge is 0.309 e. The fraction of sp³-hybridized carbons (Fsp3) is 0.880. The van der Waals surface area contributed by atoms with Gasteiger partial charge in [-0.15, -0.1) is 0 Å². The molecule has 7 rings (SSSR count). The largest absolute Gasteiger partial charge is 0.481 e. The van der Waals surface area contributed by atoms with E-state index in [2.05, 4.69) is 78.7 Å². The van der Waals surface area contributed by atoms with Gasteiger partial charge in [-0.3, -0.25) is 19.2 Å². The molecule has 1 amide bonds. The lowest BCUT2D eigenvalue weighted by Crippen LogP contribution is -2.67. The van der Waals surface area contributed by atoms with Crippen molar-refractivity contribution in [1.82, 2.24) is 9.80 Å². The summed E-state index contributed by atoms with van der Waals surface area (Å²) in [4.78, 5) is 58.5. The SMILES string of the molecule is C=C(C)[C@@H]1CC[C@]2(C(=O)C[C@@H]3C[C@H](C(=O)N4CCN(CC)CC4)C3(C)C)CC[C@]3(C)[C@H](CC[C@@H]4[C@@]5(C)CC[C@H](OC(=O)CC(C)(C)C(=O)O)C(C)(C)[C@@H]5CC[C@]43C)[C@@H]12. The second-order valence-corrected chi connectivity index (χ2v) is 23.7. The molecular weight excluding hydrogens is 725 g/mol. The van der Waals surface area contributed by atoms with Crippen molar-refractivity contribution in [2.45, 2.75) is 166 Å². The van der Waals surface area contributed by atoms with Gasteiger partial charge in [0.25, 0.3) is 0 Å². The van der Waals surface area contributed by atoms with Gasteiger partial charge in [0, 0.05) is 49.3 Å². The minimum Gasteiger partial charge on any atom is -0.481 e. The first-order chi connectivity index (χ1) is 26.9. The van der Waals surface area contributed by atoms with E-state index in [9.17, 15) is 19.5 Å². The lowest BCUT2D eigenvalue weighted by Gasteiger charge is -2.73. The number of nitrogens with zero attached hydrogens (tertiary/aromatic N) is 2. The van der Waals surface area contributed by atoms with Gasteiger partial charge in [0.15, 0.2) is 0 Å². The molecule has 7 aliphatic rings. The number of amides is 1. The number of rotatable bonds is 10. The molecule has 6 aliphatic carbocycles. The third kappa shape index (κ3) is 6.50. The third-order valence-corrected chi connectivity index (χ3v) is 20.3. The van der Waals surface area contributed by atoms with E-state index in [-0.39, 0.29) is 56.9 Å². The molecule has 0 unspecified atom stereocenters. The van der Waals surface area contributed by atoms with E-state index in [0.717, 1.165) is 96.9 Å². The zero-order valence-electron chi connectivity index (χ0n) is 38.4. The maximum Gasteiger partial charge on any atom is 0.309 e. The first-order valence-electron chi connectivity index (χ1n) is 23.5. The molecule has 0 bridgehead atoms. The van der Waals surface area contributed by atoms with E-state index in [1.165, 1.54) is 12.0 Å². The number of ether oxygens (including phenoxy) is 1. The number of carbonyl (C=O) groups is 4. The van der Waals surface area contributed by atoms with E-state index in [1.807, 2.05) is 0 Å². The minimum atomic E-state index is -1.16. The second kappa shape index (κ2) is 14.7. The van der Waals surface area contributed by atoms with Crippen molar-refractivity contribution >= 4 is 23.6 Å². The van der Waals surface area contributed by atoms with E-state index >= 15 is 4.79 Å². The number of fused-ring (bicyclic) bond motifs is 7. The number of ketones is 1. The third-order valence-electron chi connectivity index (χ3n) is 20.3. The Labute approximate surface area is 351 Å². The zero-order chi connectivity index (χ0) is 42.6. The van der Waals surface area contributed by atoms with Crippen LogP contribution in [0, 0.1) is 79.3 Å². The number of piperazine rings is 1. The Hall–Kier alpha value is -2.22. The quantitative estimate of drug-likeness (QED) is 0.173. The molecule has 1 heterocycles. The first kappa shape index (κ1) is 43.9. The number of allylic oxidation sites excluding steroid dienone is 1. The molecule has 326 valence electrons. The fourth-order valence-corrected chi connectivity index (χ4v) is 16.2. The Kier molecular flexibility index (Phi) is 11.1. The fourth-order valence-electron chi connectivity index (χ4n) is 16.2. The van der Waals surface area contributed by atoms with Gasteiger partial charge < -0.3 is 19.6 Å². The summed E-state index contributed by atoms with van der Waals surface area (Å²) in [6.45, 7) is 33.7. The van der Waals surface area contributed by atoms with Crippen molar-refractivity contribution in [2.75, 3.05) is 32.7 Å². The van der Waals surface area contributed by atoms with Gasteiger partial charge in [0.1, 0.15) is 11.9 Å². The summed E-state index contributed by atoms with van der Waals surface area (Å²) in [5.41, 5.74) is -0.229. The molecule has 0 spiro atoms. The molecule has 1 N–H and O–H groups in total. The molecule has 8 heteroatoms. The highest BCUT2D eigenvalue weighted by molar-refractivity contribution is 5.87. The van der Waals surface area contributed by atoms with E-state index in [1.54, 1.807) is 13.8 Å². The second-order valence-electron chi connectivity index (χ2n) is 23.7. The van der Waals surface area contributed by atoms with Gasteiger partial charge in [-0.05, 0) is 155 Å². The van der Waals surface area contributed by atoms with E-state index < -0.39 is 17.4 Å². The molecule has 8 nitrogen and oxygen atoms in total. The number of likely N-dealkylation sites (N-methyl/N-ethyl adjacent to an activating group) is 1. The van der Waals surface area contributed by atoms with Crippen LogP contribution in [0.25, 0.3) is 0 Å². The highest BCUT2D eigenvalue weighted by atomic mass is 16.5. The average Bonchev–Trinajstić information content (AvgIpc) is 3.55. The number of carboxylic acid groups (broad SMARTS) is 1. The van der Waals surface area contributed by atoms with Crippen molar-refractivity contribution in [3.8, 4) is 0 Å². The molecule has 1 aliphatic heterocycles. The number of Topliss-reactive ketones (excluding diaryl/α,β-unsaturated/α-hetero) is 1. The molecule has 0 radical (unpaired) electrons. The summed E-state index contributed by atoms with van der Waals surface area (Å²) in [6, 6.07) is 0. The number of aliphatic carboxylic acids is 1. The van der Waals surface area contributed by atoms with Crippen LogP contribution < -0.4 is 0 Å². The van der Waals surface area contributed by atoms with Gasteiger partial charge in [-0.2, -0.15) is 0 Å². The van der Waals surface area contributed by atoms with Gasteiger partial charge in [-0.25, -0.2) is 0 Å². The standard InChI is InChI=1S/C50H80N2O6/c1-13-51-24-26-52(27-25-51)42(55)35-28-32(45(35,6)7)29-38(53)50-21-16-33(31(2)3)41(50)34-14-15-37-47(10)19-18-39(58-40(54)30-44(4,5)43(56)57)46(8,9)36(47)17-20-49(37,12)48(34,11)22-23-50/h32-37,39,41H,2,13-30H2,1,3-12H3,(H,56,57)/t32-,33-,34+,35+,36-,37+,39-,41+,47-,48+,49+,50+/m0/s1. The van der Waals surface area contributed by atoms with Crippen LogP contribution in [0.1, 0.15) is 160 Å². The van der Waals surface area contributed by atoms with Crippen LogP contribution in [0.4, 0.5) is 0 Å². The number of hydrogen-bond acceptors (Lipinski definition) is 6. The van der Waals surface area contributed by atoms with Crippen LogP contribution >= 0.6 is 0 Å². The average molecular weight is 805 g/mol. The number of hydrogen-bond donors (Lipinski definition) is 1. The molecular formula is C50H80N2O6. The maximum absolute atomic E-state index is 15.2.